The van der Waals surface area contributed by atoms with E-state index in [1.54, 1.807) is 0 Å². The predicted molar refractivity (Wildman–Crippen MR) is 44.5 cm³/mol. The van der Waals surface area contributed by atoms with Gasteiger partial charge in [0, 0.05) is 0 Å². The molecule has 0 saturated heterocycles. The van der Waals surface area contributed by atoms with Gasteiger partial charge in [-0.15, -0.1) is 0 Å². The van der Waals surface area contributed by atoms with E-state index < -0.39 is 21.2 Å². The Balaban J connectivity index is 0.00000196. The number of rotatable bonds is 2. The second-order valence-corrected chi connectivity index (χ2v) is 2.32. The molecule has 0 aliphatic heterocycles. The van der Waals surface area contributed by atoms with Gasteiger partial charge in [0.15, 0.2) is 4.98 Å². The van der Waals surface area contributed by atoms with Crippen molar-refractivity contribution in [2.45, 2.75) is 0 Å². The van der Waals surface area contributed by atoms with Crippen molar-refractivity contribution in [3.05, 3.63) is 43.4 Å². The van der Waals surface area contributed by atoms with Crippen molar-refractivity contribution in [3.63, 3.8) is 0 Å². The maximum atomic E-state index is 10.3. The number of non-ortho nitro benzene ring substituents is 2. The fourth-order valence-electron chi connectivity index (χ4n) is 0.848. The lowest BCUT2D eigenvalue weighted by Gasteiger charge is -1.89. The van der Waals surface area contributed by atoms with Crippen LogP contribution in [0.15, 0.2) is 18.2 Å². The highest BCUT2D eigenvalue weighted by atomic mass is 35.5. The number of hydrogen-bond donors (Lipinski definition) is 0. The summed E-state index contributed by atoms with van der Waals surface area (Å²) < 4.78 is 0. The van der Waals surface area contributed by atoms with Gasteiger partial charge in [-0.2, -0.15) is 0 Å². The fraction of sp³-hybridized carbons (Fsp3) is 0. The first-order valence-electron chi connectivity index (χ1n) is 3.33. The molecule has 1 aromatic rings. The third-order valence-electron chi connectivity index (χ3n) is 1.42. The lowest BCUT2D eigenvalue weighted by atomic mass is 10.2. The first kappa shape index (κ1) is 12.7. The van der Waals surface area contributed by atoms with E-state index in [2.05, 4.69) is 4.98 Å². The third-order valence-corrected chi connectivity index (χ3v) is 1.42. The normalized spacial score (nSPS) is 8.47. The van der Waals surface area contributed by atoms with E-state index in [1.807, 2.05) is 0 Å². The molecule has 0 bridgehead atoms. The summed E-state index contributed by atoms with van der Waals surface area (Å²) in [5.41, 5.74) is -1.22. The Labute approximate surface area is 88.9 Å². The van der Waals surface area contributed by atoms with Gasteiger partial charge in [-0.05, 0) is 0 Å². The molecule has 0 radical (unpaired) electrons. The summed E-state index contributed by atoms with van der Waals surface area (Å²) in [6.45, 7) is 0. The topological polar surface area (TPSA) is 114 Å². The number of halogens is 1. The van der Waals surface area contributed by atoms with E-state index >= 15 is 0 Å². The molecule has 0 atom stereocenters. The van der Waals surface area contributed by atoms with Gasteiger partial charge >= 0.3 is 5.69 Å². The molecule has 9 heteroatoms. The number of hydrogen-bond acceptors (Lipinski definition) is 5. The van der Waals surface area contributed by atoms with Crippen molar-refractivity contribution < 1.29 is 22.3 Å². The number of diazo groups is 1. The first-order chi connectivity index (χ1) is 6.54. The van der Waals surface area contributed by atoms with E-state index in [0.29, 0.717) is 0 Å². The van der Waals surface area contributed by atoms with Crippen LogP contribution in [0, 0.1) is 25.6 Å². The van der Waals surface area contributed by atoms with Crippen LogP contribution in [0.1, 0.15) is 0 Å². The lowest BCUT2D eigenvalue weighted by Crippen LogP contribution is -3.00. The summed E-state index contributed by atoms with van der Waals surface area (Å²) in [6.07, 6.45) is 0. The second kappa shape index (κ2) is 4.83. The summed E-state index contributed by atoms with van der Waals surface area (Å²) >= 11 is 0. The summed E-state index contributed by atoms with van der Waals surface area (Å²) in [4.78, 5) is 21.6. The van der Waals surface area contributed by atoms with E-state index in [0.717, 1.165) is 18.2 Å². The fourth-order valence-corrected chi connectivity index (χ4v) is 0.848. The molecule has 0 unspecified atom stereocenters. The maximum absolute atomic E-state index is 10.3. The van der Waals surface area contributed by atoms with Crippen LogP contribution in [-0.4, -0.2) is 9.85 Å². The third kappa shape index (κ3) is 2.85. The number of benzene rings is 1. The summed E-state index contributed by atoms with van der Waals surface area (Å²) in [7, 11) is 0. The van der Waals surface area contributed by atoms with Crippen LogP contribution in [0.5, 0.6) is 0 Å². The monoisotopic (exact) mass is 230 g/mol. The van der Waals surface area contributed by atoms with Gasteiger partial charge in [0.1, 0.15) is 12.1 Å². The number of nitro benzene ring substituents is 2. The molecule has 0 spiro atoms. The van der Waals surface area contributed by atoms with Gasteiger partial charge in [-0.25, -0.2) is 0 Å². The SMILES string of the molecule is N#[N+]c1cc([N+](=O)[O-])cc([N+](=O)[O-])c1.[Cl-]. The Kier molecular flexibility index (Phi) is 4.09. The standard InChI is InChI=1S/C6H3N4O4.ClH/c7-8-4-1-5(9(11)12)3-6(2-4)10(13)14;/h1-3H;1H/q+1;/p-1. The van der Waals surface area contributed by atoms with Crippen LogP contribution < -0.4 is 12.4 Å². The summed E-state index contributed by atoms with van der Waals surface area (Å²) in [5, 5.41) is 28.9. The maximum Gasteiger partial charge on any atom is 0.398 e. The molecular formula is C6H3ClN4O4. The van der Waals surface area contributed by atoms with Gasteiger partial charge in [0.2, 0.25) is 5.39 Å². The Hall–Kier alpha value is -2.27. The highest BCUT2D eigenvalue weighted by Crippen LogP contribution is 2.27. The zero-order valence-electron chi connectivity index (χ0n) is 7.03. The van der Waals surface area contributed by atoms with Crippen LogP contribution in [0.4, 0.5) is 17.1 Å². The van der Waals surface area contributed by atoms with Crippen molar-refractivity contribution in [3.8, 4) is 0 Å². The molecule has 0 heterocycles. The number of nitrogens with zero attached hydrogens (tertiary/aromatic N) is 4. The molecule has 0 N–H and O–H groups in total. The highest BCUT2D eigenvalue weighted by Gasteiger charge is 2.21. The average Bonchev–Trinajstić information content (AvgIpc) is 2.16. The molecule has 0 fully saturated rings. The Bertz CT molecular complexity index is 423. The largest absolute Gasteiger partial charge is 1.00 e. The molecule has 8 nitrogen and oxygen atoms in total. The Morgan fingerprint density at radius 3 is 1.73 bits per heavy atom. The van der Waals surface area contributed by atoms with Gasteiger partial charge in [-0.1, -0.05) is 0 Å². The van der Waals surface area contributed by atoms with Crippen LogP contribution in [-0.2, 0) is 0 Å². The molecule has 1 rings (SSSR count). The van der Waals surface area contributed by atoms with Crippen molar-refractivity contribution in [2.24, 2.45) is 0 Å². The molecule has 78 valence electrons. The molecular weight excluding hydrogens is 228 g/mol. The van der Waals surface area contributed by atoms with Crippen molar-refractivity contribution in [2.75, 3.05) is 0 Å². The molecule has 15 heavy (non-hydrogen) atoms. The minimum atomic E-state index is -0.804. The van der Waals surface area contributed by atoms with E-state index in [-0.39, 0.29) is 18.1 Å². The van der Waals surface area contributed by atoms with Crippen LogP contribution in [0.3, 0.4) is 0 Å². The van der Waals surface area contributed by atoms with Crippen LogP contribution in [0.2, 0.25) is 0 Å². The second-order valence-electron chi connectivity index (χ2n) is 2.32. The van der Waals surface area contributed by atoms with E-state index in [4.69, 9.17) is 5.39 Å². The van der Waals surface area contributed by atoms with Crippen molar-refractivity contribution in [1.82, 2.24) is 0 Å². The van der Waals surface area contributed by atoms with Crippen LogP contribution in [0.25, 0.3) is 4.98 Å². The molecule has 0 saturated carbocycles. The van der Waals surface area contributed by atoms with Crippen molar-refractivity contribution in [1.29, 1.82) is 5.39 Å². The van der Waals surface area contributed by atoms with Gasteiger partial charge < -0.3 is 12.4 Å². The zero-order chi connectivity index (χ0) is 10.7. The van der Waals surface area contributed by atoms with Crippen molar-refractivity contribution >= 4 is 17.1 Å². The van der Waals surface area contributed by atoms with Gasteiger partial charge in [0.05, 0.1) is 15.9 Å². The smallest absolute Gasteiger partial charge is 0.398 e. The summed E-state index contributed by atoms with van der Waals surface area (Å²) in [6, 6.07) is 2.63. The minimum absolute atomic E-state index is 0. The van der Waals surface area contributed by atoms with Crippen LogP contribution >= 0.6 is 0 Å². The number of nitro groups is 2. The van der Waals surface area contributed by atoms with Gasteiger partial charge in [-0.3, -0.25) is 20.2 Å². The Morgan fingerprint density at radius 2 is 1.47 bits per heavy atom. The summed E-state index contributed by atoms with van der Waals surface area (Å²) in [5.74, 6) is 0. The zero-order valence-corrected chi connectivity index (χ0v) is 7.79. The van der Waals surface area contributed by atoms with Gasteiger partial charge in [0.25, 0.3) is 11.4 Å². The predicted octanol–water partition coefficient (Wildman–Crippen LogP) is -1.01. The van der Waals surface area contributed by atoms with E-state index in [9.17, 15) is 20.2 Å². The molecule has 0 aromatic heterocycles. The minimum Gasteiger partial charge on any atom is -1.00 e. The Morgan fingerprint density at radius 1 is 1.07 bits per heavy atom. The first-order valence-corrected chi connectivity index (χ1v) is 3.33. The molecule has 0 aliphatic rings. The lowest BCUT2D eigenvalue weighted by molar-refractivity contribution is -0.394. The average molecular weight is 231 g/mol. The molecule has 0 amide bonds. The molecule has 0 aliphatic carbocycles. The highest BCUT2D eigenvalue weighted by molar-refractivity contribution is 5.59. The molecule has 1 aromatic carbocycles. The quantitative estimate of drug-likeness (QED) is 0.367. The van der Waals surface area contributed by atoms with E-state index in [1.165, 1.54) is 0 Å².